The Morgan fingerprint density at radius 1 is 0.510 bits per heavy atom. The Morgan fingerprint density at radius 2 is 0.959 bits per heavy atom. The molecule has 1 heterocycles. The van der Waals surface area contributed by atoms with Crippen molar-refractivity contribution in [1.82, 2.24) is 4.98 Å². The number of fused-ring (bicyclic) bond motifs is 1. The molecule has 0 saturated heterocycles. The summed E-state index contributed by atoms with van der Waals surface area (Å²) in [7, 11) is 0. The van der Waals surface area contributed by atoms with Gasteiger partial charge in [0.25, 0.3) is 0 Å². The number of pyridine rings is 1. The monoisotopic (exact) mass is 804 g/mol. The topological polar surface area (TPSA) is 27.0 Å². The second-order valence-electron chi connectivity index (χ2n) is 11.6. The van der Waals surface area contributed by atoms with Gasteiger partial charge in [0, 0.05) is 11.3 Å². The first-order chi connectivity index (χ1) is 23.3. The molecule has 7 aromatic rings. The van der Waals surface area contributed by atoms with Gasteiger partial charge in [0.15, 0.2) is 0 Å². The summed E-state index contributed by atoms with van der Waals surface area (Å²) in [4.78, 5) is 4.89. The zero-order valence-corrected chi connectivity index (χ0v) is 32.4. The van der Waals surface area contributed by atoms with Crippen molar-refractivity contribution in [2.75, 3.05) is 0 Å². The van der Waals surface area contributed by atoms with Gasteiger partial charge in [-0.25, -0.2) is 0 Å². The summed E-state index contributed by atoms with van der Waals surface area (Å²) >= 11 is 0. The van der Waals surface area contributed by atoms with E-state index < -0.39 is 0 Å². The summed E-state index contributed by atoms with van der Waals surface area (Å²) in [6.07, 6.45) is 0. The van der Waals surface area contributed by atoms with E-state index in [4.69, 9.17) is 10.3 Å². The predicted octanol–water partition coefficient (Wildman–Crippen LogP) is 12.6. The van der Waals surface area contributed by atoms with Crippen LogP contribution in [0.3, 0.4) is 0 Å². The molecule has 0 fully saturated rings. The van der Waals surface area contributed by atoms with Crippen molar-refractivity contribution in [2.45, 2.75) is 27.3 Å². The van der Waals surface area contributed by atoms with E-state index in [1.165, 1.54) is 27.5 Å². The van der Waals surface area contributed by atoms with Crippen LogP contribution in [-0.4, -0.2) is 4.98 Å². The first kappa shape index (κ1) is 38.5. The number of rotatable bonds is 4. The summed E-state index contributed by atoms with van der Waals surface area (Å²) in [5.41, 5.74) is 11.2. The van der Waals surface area contributed by atoms with Gasteiger partial charge in [-0.3, -0.25) is 4.98 Å². The van der Waals surface area contributed by atoms with E-state index in [1.54, 1.807) is 0 Å². The number of hydrogen-bond acceptors (Lipinski definition) is 1. The molecule has 7 rings (SSSR count). The predicted molar refractivity (Wildman–Crippen MR) is 207 cm³/mol. The third-order valence-corrected chi connectivity index (χ3v) is 7.44. The van der Waals surface area contributed by atoms with Gasteiger partial charge in [0.2, 0.25) is 0 Å². The zero-order valence-electron chi connectivity index (χ0n) is 28.8. The van der Waals surface area contributed by atoms with Crippen LogP contribution in [0.5, 0.6) is 0 Å². The van der Waals surface area contributed by atoms with Gasteiger partial charge >= 0.3 is 25.8 Å². The average molecular weight is 803 g/mol. The number of aromatic nitrogens is 1. The van der Waals surface area contributed by atoms with Crippen molar-refractivity contribution < 1.29 is 25.8 Å². The first-order valence-corrected chi connectivity index (χ1v) is 16.1. The van der Waals surface area contributed by atoms with E-state index in [1.807, 2.05) is 91.0 Å². The maximum Gasteiger partial charge on any atom is 4.00 e. The van der Waals surface area contributed by atoms with Crippen LogP contribution in [0.4, 0.5) is 5.69 Å². The molecule has 0 spiro atoms. The van der Waals surface area contributed by atoms with Crippen molar-refractivity contribution in [2.24, 2.45) is 0 Å². The smallest absolute Gasteiger partial charge is 0.679 e. The molecule has 0 amide bonds. The Hall–Kier alpha value is -4.99. The normalized spacial score (nSPS) is 9.69. The largest absolute Gasteiger partial charge is 4.00 e. The fraction of sp³-hybridized carbons (Fsp3) is 0.0870. The van der Waals surface area contributed by atoms with E-state index in [9.17, 15) is 0 Å². The van der Waals surface area contributed by atoms with Gasteiger partial charge in [-0.2, -0.15) is 73.9 Å². The first-order valence-electron chi connectivity index (χ1n) is 16.1. The van der Waals surface area contributed by atoms with Crippen LogP contribution in [0.15, 0.2) is 164 Å². The molecule has 242 valence electrons. The van der Waals surface area contributed by atoms with Gasteiger partial charge in [0.1, 0.15) is 0 Å². The van der Waals surface area contributed by atoms with Gasteiger partial charge in [-0.05, 0) is 43.7 Å². The summed E-state index contributed by atoms with van der Waals surface area (Å²) in [5.74, 6) is 0. The Labute approximate surface area is 313 Å². The zero-order chi connectivity index (χ0) is 34.1. The summed E-state index contributed by atoms with van der Waals surface area (Å²) in [5, 5.41) is 7.31. The molecule has 0 aliphatic carbocycles. The third kappa shape index (κ3) is 12.9. The van der Waals surface area contributed by atoms with Gasteiger partial charge in [0.05, 0.1) is 5.69 Å². The number of aryl methyl sites for hydroxylation is 3. The van der Waals surface area contributed by atoms with Crippen molar-refractivity contribution in [1.29, 1.82) is 0 Å². The second-order valence-corrected chi connectivity index (χ2v) is 11.6. The van der Waals surface area contributed by atoms with E-state index in [0.717, 1.165) is 39.3 Å². The van der Waals surface area contributed by atoms with Crippen LogP contribution in [0.1, 0.15) is 39.1 Å². The van der Waals surface area contributed by atoms with Crippen LogP contribution in [0.25, 0.3) is 27.3 Å². The van der Waals surface area contributed by atoms with E-state index in [0.29, 0.717) is 6.54 Å². The Morgan fingerprint density at radius 3 is 1.45 bits per heavy atom. The quantitative estimate of drug-likeness (QED) is 0.129. The number of hydrogen-bond donors (Lipinski definition) is 0. The third-order valence-electron chi connectivity index (χ3n) is 7.44. The average Bonchev–Trinajstić information content (AvgIpc) is 3.10. The summed E-state index contributed by atoms with van der Waals surface area (Å²) in [6, 6.07) is 55.0. The second kappa shape index (κ2) is 20.4. The summed E-state index contributed by atoms with van der Waals surface area (Å²) < 4.78 is 0. The molecule has 0 saturated carbocycles. The molecule has 0 bridgehead atoms. The fourth-order valence-corrected chi connectivity index (χ4v) is 5.18. The van der Waals surface area contributed by atoms with Crippen LogP contribution in [0.2, 0.25) is 0 Å². The minimum absolute atomic E-state index is 0. The van der Waals surface area contributed by atoms with Crippen LogP contribution < -0.4 is 0 Å². The number of nitrogens with zero attached hydrogens (tertiary/aromatic N) is 2. The Balaban J connectivity index is 0.000000238. The molecule has 0 aliphatic heterocycles. The molecular formula is C46H44HfN2. The minimum Gasteiger partial charge on any atom is -0.679 e. The summed E-state index contributed by atoms with van der Waals surface area (Å²) in [6.45, 7) is 18.1. The number of benzene rings is 6. The van der Waals surface area contributed by atoms with E-state index >= 15 is 0 Å². The molecular weight excluding hydrogens is 759 g/mol. The fourth-order valence-electron chi connectivity index (χ4n) is 5.18. The molecule has 6 aromatic carbocycles. The molecule has 49 heavy (non-hydrogen) atoms. The molecule has 0 radical (unpaired) electrons. The standard InChI is InChI=1S/C25H23N2.3C7H7.Hf/c1-17-14-18(2)25(19(3)15-17)26-16-21-10-7-13-24(27-21)23-12-6-9-20-8-4-5-11-22(20)23;3*1-7-5-3-2-4-6-7;/h4-15H,16H2,1-3H3;3*2-6H,1H2;/q4*-1;+4. The Bertz CT molecular complexity index is 1850. The SMILES string of the molecule is Cc1cc(C)c([N-]Cc2cccc(-c3cccc4ccccc34)n2)c(C)c1.[CH2-]c1ccccc1.[CH2-]c1ccccc1.[CH2-]c1ccccc1.[Hf+4]. The minimum atomic E-state index is 0. The maximum atomic E-state index is 4.89. The molecule has 1 aromatic heterocycles. The molecule has 2 nitrogen and oxygen atoms in total. The molecule has 0 unspecified atom stereocenters. The van der Waals surface area contributed by atoms with Crippen LogP contribution in [0, 0.1) is 41.5 Å². The molecule has 0 aliphatic rings. The van der Waals surface area contributed by atoms with Gasteiger partial charge in [-0.15, -0.1) is 42.1 Å². The van der Waals surface area contributed by atoms with Crippen molar-refractivity contribution >= 4 is 16.5 Å². The van der Waals surface area contributed by atoms with Gasteiger partial charge < -0.3 is 5.32 Å². The van der Waals surface area contributed by atoms with E-state index in [2.05, 4.69) is 114 Å². The Kier molecular flexibility index (Phi) is 16.0. The van der Waals surface area contributed by atoms with E-state index in [-0.39, 0.29) is 25.8 Å². The molecule has 0 atom stereocenters. The maximum absolute atomic E-state index is 4.89. The van der Waals surface area contributed by atoms with Crippen LogP contribution in [-0.2, 0) is 32.4 Å². The van der Waals surface area contributed by atoms with Crippen molar-refractivity contribution in [3.05, 3.63) is 229 Å². The van der Waals surface area contributed by atoms with Gasteiger partial charge in [-0.1, -0.05) is 102 Å². The molecule has 3 heteroatoms. The van der Waals surface area contributed by atoms with Crippen molar-refractivity contribution in [3.63, 3.8) is 0 Å². The molecule has 0 N–H and O–H groups in total. The van der Waals surface area contributed by atoms with Crippen molar-refractivity contribution in [3.8, 4) is 11.3 Å². The van der Waals surface area contributed by atoms with Crippen LogP contribution >= 0.6 is 0 Å².